The Bertz CT molecular complexity index is 1020. The maximum absolute atomic E-state index is 12.2. The molecule has 0 saturated carbocycles. The lowest BCUT2D eigenvalue weighted by molar-refractivity contribution is -0.120. The number of nitrogens with zero attached hydrogens (tertiary/aromatic N) is 1. The van der Waals surface area contributed by atoms with Crippen molar-refractivity contribution in [3.05, 3.63) is 58.8 Å². The predicted molar refractivity (Wildman–Crippen MR) is 97.9 cm³/mol. The molecule has 1 amide bonds. The van der Waals surface area contributed by atoms with Gasteiger partial charge in [-0.3, -0.25) is 4.79 Å². The van der Waals surface area contributed by atoms with Crippen LogP contribution < -0.4 is 10.5 Å². The number of benzene rings is 1. The first kappa shape index (κ1) is 18.3. The van der Waals surface area contributed by atoms with E-state index in [2.05, 4.69) is 10.3 Å². The van der Waals surface area contributed by atoms with Crippen LogP contribution >= 0.6 is 11.3 Å². The van der Waals surface area contributed by atoms with Gasteiger partial charge >= 0.3 is 0 Å². The number of nitrogens with two attached hydrogens (primary N) is 1. The van der Waals surface area contributed by atoms with Crippen LogP contribution in [0.5, 0.6) is 0 Å². The number of rotatable bonds is 6. The second-order valence-electron chi connectivity index (χ2n) is 5.65. The molecule has 9 heteroatoms. The Labute approximate surface area is 154 Å². The standard InChI is InChI=1S/C17H17N3O4S2/c1-11-14(20-17(24-11)15-6-3-7-25-15)9-16(21)19-10-12-4-2-5-13(8-12)26(18,22)23/h2-8H,9-10H2,1H3,(H,19,21)(H2,18,22,23). The number of sulfonamides is 1. The van der Waals surface area contributed by atoms with Gasteiger partial charge in [0.1, 0.15) is 5.76 Å². The van der Waals surface area contributed by atoms with Gasteiger partial charge in [0.15, 0.2) is 0 Å². The lowest BCUT2D eigenvalue weighted by atomic mass is 10.2. The summed E-state index contributed by atoms with van der Waals surface area (Å²) in [4.78, 5) is 17.5. The van der Waals surface area contributed by atoms with Crippen molar-refractivity contribution < 1.29 is 17.6 Å². The molecule has 0 fully saturated rings. The fraction of sp³-hybridized carbons (Fsp3) is 0.176. The van der Waals surface area contributed by atoms with E-state index in [0.29, 0.717) is 22.9 Å². The second kappa shape index (κ2) is 7.40. The summed E-state index contributed by atoms with van der Waals surface area (Å²) in [7, 11) is -3.77. The van der Waals surface area contributed by atoms with E-state index < -0.39 is 10.0 Å². The highest BCUT2D eigenvalue weighted by Crippen LogP contribution is 2.26. The minimum Gasteiger partial charge on any atom is -0.440 e. The maximum Gasteiger partial charge on any atom is 0.238 e. The Hall–Kier alpha value is -2.49. The second-order valence-corrected chi connectivity index (χ2v) is 8.15. The molecular formula is C17H17N3O4S2. The number of hydrogen-bond acceptors (Lipinski definition) is 6. The third kappa shape index (κ3) is 4.37. The van der Waals surface area contributed by atoms with E-state index in [9.17, 15) is 13.2 Å². The zero-order chi connectivity index (χ0) is 18.7. The van der Waals surface area contributed by atoms with Gasteiger partial charge in [-0.2, -0.15) is 0 Å². The summed E-state index contributed by atoms with van der Waals surface area (Å²) in [6.07, 6.45) is 0.0790. The monoisotopic (exact) mass is 391 g/mol. The van der Waals surface area contributed by atoms with Crippen molar-refractivity contribution in [1.29, 1.82) is 0 Å². The summed E-state index contributed by atoms with van der Waals surface area (Å²) in [6.45, 7) is 1.96. The molecule has 0 spiro atoms. The van der Waals surface area contributed by atoms with Crippen molar-refractivity contribution in [1.82, 2.24) is 10.3 Å². The first-order valence-electron chi connectivity index (χ1n) is 7.71. The number of oxazole rings is 1. The van der Waals surface area contributed by atoms with Gasteiger partial charge in [-0.15, -0.1) is 11.3 Å². The average Bonchev–Trinajstić information content (AvgIpc) is 3.23. The van der Waals surface area contributed by atoms with Crippen molar-refractivity contribution in [3.8, 4) is 10.8 Å². The van der Waals surface area contributed by atoms with Crippen LogP contribution in [-0.4, -0.2) is 19.3 Å². The lowest BCUT2D eigenvalue weighted by Gasteiger charge is -2.06. The molecule has 0 aliphatic rings. The SMILES string of the molecule is Cc1oc(-c2cccs2)nc1CC(=O)NCc1cccc(S(N)(=O)=O)c1. The average molecular weight is 391 g/mol. The van der Waals surface area contributed by atoms with Crippen molar-refractivity contribution in [3.63, 3.8) is 0 Å². The van der Waals surface area contributed by atoms with E-state index in [1.165, 1.54) is 23.5 Å². The molecule has 2 aromatic heterocycles. The number of amides is 1. The van der Waals surface area contributed by atoms with E-state index in [4.69, 9.17) is 9.56 Å². The fourth-order valence-corrected chi connectivity index (χ4v) is 3.58. The summed E-state index contributed by atoms with van der Waals surface area (Å²) in [5.41, 5.74) is 1.21. The summed E-state index contributed by atoms with van der Waals surface area (Å²) >= 11 is 1.51. The zero-order valence-corrected chi connectivity index (χ0v) is 15.6. The summed E-state index contributed by atoms with van der Waals surface area (Å²) in [5.74, 6) is 0.862. The van der Waals surface area contributed by atoms with Crippen molar-refractivity contribution in [2.75, 3.05) is 0 Å². The van der Waals surface area contributed by atoms with Crippen molar-refractivity contribution in [2.45, 2.75) is 24.8 Å². The first-order chi connectivity index (χ1) is 12.3. The first-order valence-corrected chi connectivity index (χ1v) is 10.1. The number of thiophene rings is 1. The van der Waals surface area contributed by atoms with Gasteiger partial charge in [0.25, 0.3) is 0 Å². The molecule has 0 bridgehead atoms. The number of aryl methyl sites for hydroxylation is 1. The Morgan fingerprint density at radius 1 is 1.31 bits per heavy atom. The molecule has 1 aromatic carbocycles. The molecular weight excluding hydrogens is 374 g/mol. The predicted octanol–water partition coefficient (Wildman–Crippen LogP) is 2.22. The van der Waals surface area contributed by atoms with Crippen LogP contribution in [0.4, 0.5) is 0 Å². The van der Waals surface area contributed by atoms with Gasteiger partial charge in [-0.1, -0.05) is 18.2 Å². The number of hydrogen-bond donors (Lipinski definition) is 2. The quantitative estimate of drug-likeness (QED) is 0.668. The number of aromatic nitrogens is 1. The smallest absolute Gasteiger partial charge is 0.238 e. The highest BCUT2D eigenvalue weighted by atomic mass is 32.2. The van der Waals surface area contributed by atoms with Gasteiger partial charge in [0.05, 0.1) is 21.9 Å². The van der Waals surface area contributed by atoms with Gasteiger partial charge in [0.2, 0.25) is 21.8 Å². The molecule has 136 valence electrons. The van der Waals surface area contributed by atoms with E-state index in [-0.39, 0.29) is 23.8 Å². The van der Waals surface area contributed by atoms with E-state index in [1.807, 2.05) is 17.5 Å². The van der Waals surface area contributed by atoms with Gasteiger partial charge < -0.3 is 9.73 Å². The van der Waals surface area contributed by atoms with Gasteiger partial charge in [-0.25, -0.2) is 18.5 Å². The van der Waals surface area contributed by atoms with Crippen LogP contribution in [0.25, 0.3) is 10.8 Å². The van der Waals surface area contributed by atoms with Crippen LogP contribution in [0, 0.1) is 6.92 Å². The number of carbonyl (C=O) groups is 1. The molecule has 0 radical (unpaired) electrons. The minimum absolute atomic E-state index is 0.0113. The zero-order valence-electron chi connectivity index (χ0n) is 13.9. The van der Waals surface area contributed by atoms with Crippen LogP contribution in [-0.2, 0) is 27.8 Å². The Morgan fingerprint density at radius 2 is 2.12 bits per heavy atom. The largest absolute Gasteiger partial charge is 0.440 e. The molecule has 26 heavy (non-hydrogen) atoms. The van der Waals surface area contributed by atoms with Crippen LogP contribution in [0.1, 0.15) is 17.0 Å². The molecule has 2 heterocycles. The summed E-state index contributed by atoms with van der Waals surface area (Å²) in [6, 6.07) is 9.94. The summed E-state index contributed by atoms with van der Waals surface area (Å²) in [5, 5.41) is 9.78. The van der Waals surface area contributed by atoms with Gasteiger partial charge in [-0.05, 0) is 36.1 Å². The number of carbonyl (C=O) groups excluding carboxylic acids is 1. The summed E-state index contributed by atoms with van der Waals surface area (Å²) < 4.78 is 28.4. The van der Waals surface area contributed by atoms with Crippen molar-refractivity contribution in [2.24, 2.45) is 5.14 Å². The number of nitrogens with one attached hydrogen (secondary N) is 1. The molecule has 0 aliphatic carbocycles. The Morgan fingerprint density at radius 3 is 2.81 bits per heavy atom. The maximum atomic E-state index is 12.2. The molecule has 3 N–H and O–H groups in total. The molecule has 0 saturated heterocycles. The highest BCUT2D eigenvalue weighted by molar-refractivity contribution is 7.89. The molecule has 3 rings (SSSR count). The third-order valence-corrected chi connectivity index (χ3v) is 5.44. The topological polar surface area (TPSA) is 115 Å². The highest BCUT2D eigenvalue weighted by Gasteiger charge is 2.15. The van der Waals surface area contributed by atoms with E-state index in [0.717, 1.165) is 4.88 Å². The van der Waals surface area contributed by atoms with Crippen LogP contribution in [0.2, 0.25) is 0 Å². The van der Waals surface area contributed by atoms with Crippen molar-refractivity contribution >= 4 is 27.3 Å². The molecule has 0 unspecified atom stereocenters. The Balaban J connectivity index is 1.63. The van der Waals surface area contributed by atoms with Gasteiger partial charge in [0, 0.05) is 6.54 Å². The van der Waals surface area contributed by atoms with Crippen LogP contribution in [0.15, 0.2) is 51.1 Å². The normalized spacial score (nSPS) is 11.5. The molecule has 0 atom stereocenters. The number of primary sulfonamides is 1. The molecule has 3 aromatic rings. The lowest BCUT2D eigenvalue weighted by Crippen LogP contribution is -2.25. The Kier molecular flexibility index (Phi) is 5.21. The third-order valence-electron chi connectivity index (χ3n) is 3.67. The molecule has 0 aliphatic heterocycles. The minimum atomic E-state index is -3.77. The fourth-order valence-electron chi connectivity index (χ4n) is 2.35. The van der Waals surface area contributed by atoms with E-state index >= 15 is 0 Å². The van der Waals surface area contributed by atoms with Crippen LogP contribution in [0.3, 0.4) is 0 Å². The molecule has 7 nitrogen and oxygen atoms in total. The van der Waals surface area contributed by atoms with E-state index in [1.54, 1.807) is 19.1 Å².